The van der Waals surface area contributed by atoms with Gasteiger partial charge in [-0.3, -0.25) is 4.79 Å². The quantitative estimate of drug-likeness (QED) is 0.751. The average molecular weight is 191 g/mol. The maximum atomic E-state index is 10.6. The van der Waals surface area contributed by atoms with E-state index in [0.717, 1.165) is 17.8 Å². The minimum absolute atomic E-state index is 0.127. The number of anilines is 1. The molecule has 1 aromatic rings. The largest absolute Gasteiger partial charge is 0.481 e. The standard InChI is InChI=1S/C11H13NO2/c1-7-3-2-4-9-8(5-10(13)14)6-12-11(7)9/h2-4,8,12H,5-6H2,1H3,(H,13,14). The van der Waals surface area contributed by atoms with Gasteiger partial charge < -0.3 is 10.4 Å². The molecule has 74 valence electrons. The molecule has 1 unspecified atom stereocenters. The van der Waals surface area contributed by atoms with Crippen molar-refractivity contribution in [3.05, 3.63) is 29.3 Å². The number of aliphatic carboxylic acids is 1. The molecule has 0 bridgehead atoms. The molecule has 14 heavy (non-hydrogen) atoms. The highest BCUT2D eigenvalue weighted by Crippen LogP contribution is 2.35. The van der Waals surface area contributed by atoms with Crippen LogP contribution in [0.4, 0.5) is 5.69 Å². The molecule has 2 N–H and O–H groups in total. The highest BCUT2D eigenvalue weighted by Gasteiger charge is 2.24. The molecule has 0 radical (unpaired) electrons. The second kappa shape index (κ2) is 3.33. The van der Waals surface area contributed by atoms with Gasteiger partial charge in [-0.05, 0) is 18.1 Å². The van der Waals surface area contributed by atoms with E-state index >= 15 is 0 Å². The molecule has 0 aliphatic carbocycles. The van der Waals surface area contributed by atoms with Gasteiger partial charge in [-0.25, -0.2) is 0 Å². The first kappa shape index (κ1) is 9.06. The fourth-order valence-electron chi connectivity index (χ4n) is 2.00. The minimum Gasteiger partial charge on any atom is -0.481 e. The van der Waals surface area contributed by atoms with Gasteiger partial charge in [-0.2, -0.15) is 0 Å². The summed E-state index contributed by atoms with van der Waals surface area (Å²) in [5.41, 5.74) is 3.46. The van der Waals surface area contributed by atoms with Crippen molar-refractivity contribution in [2.24, 2.45) is 0 Å². The van der Waals surface area contributed by atoms with Gasteiger partial charge in [0.2, 0.25) is 0 Å². The Balaban J connectivity index is 2.30. The summed E-state index contributed by atoms with van der Waals surface area (Å²) in [4.78, 5) is 10.6. The fraction of sp³-hybridized carbons (Fsp3) is 0.364. The van der Waals surface area contributed by atoms with Crippen molar-refractivity contribution in [3.8, 4) is 0 Å². The molecule has 2 rings (SSSR count). The van der Waals surface area contributed by atoms with Crippen molar-refractivity contribution < 1.29 is 9.90 Å². The van der Waals surface area contributed by atoms with Crippen LogP contribution in [0.5, 0.6) is 0 Å². The zero-order valence-electron chi connectivity index (χ0n) is 8.08. The van der Waals surface area contributed by atoms with Crippen LogP contribution in [0.3, 0.4) is 0 Å². The Morgan fingerprint density at radius 1 is 1.64 bits per heavy atom. The number of carboxylic acids is 1. The molecular formula is C11H13NO2. The number of fused-ring (bicyclic) bond motifs is 1. The average Bonchev–Trinajstić information content (AvgIpc) is 2.49. The molecule has 0 fully saturated rings. The number of aryl methyl sites for hydroxylation is 1. The maximum absolute atomic E-state index is 10.6. The lowest BCUT2D eigenvalue weighted by Gasteiger charge is -2.06. The predicted molar refractivity (Wildman–Crippen MR) is 54.7 cm³/mol. The third kappa shape index (κ3) is 1.45. The second-order valence-corrected chi connectivity index (χ2v) is 3.71. The van der Waals surface area contributed by atoms with Crippen LogP contribution in [-0.4, -0.2) is 17.6 Å². The van der Waals surface area contributed by atoms with Crippen LogP contribution in [-0.2, 0) is 4.79 Å². The molecule has 0 saturated carbocycles. The third-order valence-electron chi connectivity index (χ3n) is 2.69. The molecule has 3 heteroatoms. The molecule has 0 saturated heterocycles. The summed E-state index contributed by atoms with van der Waals surface area (Å²) in [7, 11) is 0. The van der Waals surface area contributed by atoms with Crippen molar-refractivity contribution in [2.45, 2.75) is 19.3 Å². The summed E-state index contributed by atoms with van der Waals surface area (Å²) in [5, 5.41) is 12.0. The lowest BCUT2D eigenvalue weighted by Crippen LogP contribution is -2.07. The first-order valence-corrected chi connectivity index (χ1v) is 4.73. The summed E-state index contributed by atoms with van der Waals surface area (Å²) < 4.78 is 0. The van der Waals surface area contributed by atoms with Crippen LogP contribution in [0.1, 0.15) is 23.5 Å². The topological polar surface area (TPSA) is 49.3 Å². The van der Waals surface area contributed by atoms with E-state index in [0.29, 0.717) is 0 Å². The molecule has 1 aliphatic rings. The van der Waals surface area contributed by atoms with Crippen LogP contribution in [0, 0.1) is 6.92 Å². The number of carbonyl (C=O) groups is 1. The summed E-state index contributed by atoms with van der Waals surface area (Å²) in [6, 6.07) is 6.03. The van der Waals surface area contributed by atoms with Gasteiger partial charge in [0.05, 0.1) is 6.42 Å². The maximum Gasteiger partial charge on any atom is 0.304 e. The lowest BCUT2D eigenvalue weighted by atomic mass is 9.96. The first-order chi connectivity index (χ1) is 6.68. The fourth-order valence-corrected chi connectivity index (χ4v) is 2.00. The number of benzene rings is 1. The number of hydrogen-bond donors (Lipinski definition) is 2. The monoisotopic (exact) mass is 191 g/mol. The van der Waals surface area contributed by atoms with E-state index in [1.807, 2.05) is 25.1 Å². The number of para-hydroxylation sites is 1. The zero-order chi connectivity index (χ0) is 10.1. The van der Waals surface area contributed by atoms with Crippen molar-refractivity contribution in [1.82, 2.24) is 0 Å². The molecule has 0 amide bonds. The van der Waals surface area contributed by atoms with Crippen LogP contribution in [0.2, 0.25) is 0 Å². The number of rotatable bonds is 2. The van der Waals surface area contributed by atoms with Gasteiger partial charge in [0.25, 0.3) is 0 Å². The van der Waals surface area contributed by atoms with Gasteiger partial charge in [0.15, 0.2) is 0 Å². The Morgan fingerprint density at radius 2 is 2.43 bits per heavy atom. The van der Waals surface area contributed by atoms with E-state index in [1.54, 1.807) is 0 Å². The molecule has 1 heterocycles. The van der Waals surface area contributed by atoms with Crippen LogP contribution in [0.25, 0.3) is 0 Å². The third-order valence-corrected chi connectivity index (χ3v) is 2.69. The lowest BCUT2D eigenvalue weighted by molar-refractivity contribution is -0.137. The number of hydrogen-bond acceptors (Lipinski definition) is 2. The van der Waals surface area contributed by atoms with Crippen molar-refractivity contribution in [3.63, 3.8) is 0 Å². The van der Waals surface area contributed by atoms with E-state index in [-0.39, 0.29) is 12.3 Å². The Labute approximate surface area is 82.8 Å². The Bertz CT molecular complexity index is 374. The normalized spacial score (nSPS) is 18.8. The van der Waals surface area contributed by atoms with Gasteiger partial charge in [0.1, 0.15) is 0 Å². The van der Waals surface area contributed by atoms with Gasteiger partial charge in [0, 0.05) is 18.2 Å². The summed E-state index contributed by atoms with van der Waals surface area (Å²) >= 11 is 0. The summed E-state index contributed by atoms with van der Waals surface area (Å²) in [6.07, 6.45) is 0.212. The van der Waals surface area contributed by atoms with Gasteiger partial charge in [-0.1, -0.05) is 18.2 Å². The smallest absolute Gasteiger partial charge is 0.304 e. The molecule has 0 aromatic heterocycles. The SMILES string of the molecule is Cc1cccc2c1NCC2CC(=O)O. The van der Waals surface area contributed by atoms with E-state index in [2.05, 4.69) is 5.32 Å². The Morgan fingerprint density at radius 3 is 3.14 bits per heavy atom. The highest BCUT2D eigenvalue weighted by molar-refractivity contribution is 5.71. The van der Waals surface area contributed by atoms with Crippen LogP contribution < -0.4 is 5.32 Å². The van der Waals surface area contributed by atoms with Crippen LogP contribution >= 0.6 is 0 Å². The zero-order valence-corrected chi connectivity index (χ0v) is 8.08. The van der Waals surface area contributed by atoms with Crippen molar-refractivity contribution in [2.75, 3.05) is 11.9 Å². The summed E-state index contributed by atoms with van der Waals surface area (Å²) in [6.45, 7) is 2.78. The van der Waals surface area contributed by atoms with E-state index in [9.17, 15) is 4.79 Å². The van der Waals surface area contributed by atoms with E-state index < -0.39 is 5.97 Å². The van der Waals surface area contributed by atoms with Crippen LogP contribution in [0.15, 0.2) is 18.2 Å². The Kier molecular flexibility index (Phi) is 2.15. The number of nitrogens with one attached hydrogen (secondary N) is 1. The molecule has 0 spiro atoms. The van der Waals surface area contributed by atoms with Gasteiger partial charge >= 0.3 is 5.97 Å². The first-order valence-electron chi connectivity index (χ1n) is 4.73. The molecule has 1 aromatic carbocycles. The van der Waals surface area contributed by atoms with E-state index in [4.69, 9.17) is 5.11 Å². The molecular weight excluding hydrogens is 178 g/mol. The van der Waals surface area contributed by atoms with Crippen molar-refractivity contribution in [1.29, 1.82) is 0 Å². The van der Waals surface area contributed by atoms with E-state index in [1.165, 1.54) is 5.56 Å². The van der Waals surface area contributed by atoms with Gasteiger partial charge in [-0.15, -0.1) is 0 Å². The Hall–Kier alpha value is -1.51. The summed E-state index contributed by atoms with van der Waals surface area (Å²) in [5.74, 6) is -0.603. The minimum atomic E-state index is -0.730. The second-order valence-electron chi connectivity index (χ2n) is 3.71. The number of carboxylic acid groups (broad SMARTS) is 1. The molecule has 1 aliphatic heterocycles. The molecule has 3 nitrogen and oxygen atoms in total. The highest BCUT2D eigenvalue weighted by atomic mass is 16.4. The predicted octanol–water partition coefficient (Wildman–Crippen LogP) is 1.98. The van der Waals surface area contributed by atoms with Crippen molar-refractivity contribution >= 4 is 11.7 Å². The molecule has 1 atom stereocenters.